The van der Waals surface area contributed by atoms with Crippen LogP contribution in [0, 0.1) is 19.8 Å². The van der Waals surface area contributed by atoms with Crippen LogP contribution in [-0.4, -0.2) is 33.4 Å². The number of rotatable bonds is 6. The first-order chi connectivity index (χ1) is 10.0. The molecule has 4 nitrogen and oxygen atoms in total. The minimum atomic E-state index is -4.40. The summed E-state index contributed by atoms with van der Waals surface area (Å²) < 4.78 is 38.4. The number of thioether (sulfide) groups is 1. The molecule has 1 N–H and O–H groups in total. The van der Waals surface area contributed by atoms with Gasteiger partial charge in [0, 0.05) is 12.2 Å². The Kier molecular flexibility index (Phi) is 6.34. The van der Waals surface area contributed by atoms with Crippen LogP contribution >= 0.6 is 11.8 Å². The highest BCUT2D eigenvalue weighted by Gasteiger charge is 2.29. The lowest BCUT2D eigenvalue weighted by Gasteiger charge is -2.16. The van der Waals surface area contributed by atoms with Gasteiger partial charge in [0.05, 0.1) is 10.9 Å². The molecule has 8 heteroatoms. The van der Waals surface area contributed by atoms with Crippen molar-refractivity contribution in [2.24, 2.45) is 5.92 Å². The van der Waals surface area contributed by atoms with Crippen molar-refractivity contribution in [2.45, 2.75) is 57.7 Å². The van der Waals surface area contributed by atoms with Crippen molar-refractivity contribution in [3.8, 4) is 0 Å². The fourth-order valence-corrected chi connectivity index (χ4v) is 2.87. The Morgan fingerprint density at radius 1 is 1.32 bits per heavy atom. The van der Waals surface area contributed by atoms with Gasteiger partial charge in [-0.2, -0.15) is 13.2 Å². The molecular formula is C14H22F3N3OS. The number of carbonyl (C=O) groups excluding carboxylic acids is 1. The van der Waals surface area contributed by atoms with Crippen LogP contribution in [0.15, 0.2) is 5.16 Å². The molecule has 22 heavy (non-hydrogen) atoms. The number of nitrogens with zero attached hydrogens (tertiary/aromatic N) is 2. The summed E-state index contributed by atoms with van der Waals surface area (Å²) in [5.74, 6) is -0.238. The summed E-state index contributed by atoms with van der Waals surface area (Å²) in [5.41, 5.74) is 1.88. The van der Waals surface area contributed by atoms with Crippen LogP contribution in [0.4, 0.5) is 13.2 Å². The van der Waals surface area contributed by atoms with Crippen LogP contribution in [0.2, 0.25) is 0 Å². The van der Waals surface area contributed by atoms with Crippen molar-refractivity contribution < 1.29 is 18.0 Å². The van der Waals surface area contributed by atoms with E-state index < -0.39 is 23.9 Å². The second kappa shape index (κ2) is 7.39. The molecule has 0 saturated carbocycles. The second-order valence-electron chi connectivity index (χ2n) is 5.66. The molecule has 1 atom stereocenters. The number of aromatic nitrogens is 2. The summed E-state index contributed by atoms with van der Waals surface area (Å²) in [6.45, 7) is 9.00. The number of halogens is 3. The molecule has 1 unspecified atom stereocenters. The number of aryl methyl sites for hydroxylation is 1. The minimum Gasteiger partial charge on any atom is -0.346 e. The highest BCUT2D eigenvalue weighted by atomic mass is 32.2. The number of amides is 1. The number of carbonyl (C=O) groups is 1. The highest BCUT2D eigenvalue weighted by molar-refractivity contribution is 8.00. The maximum Gasteiger partial charge on any atom is 0.405 e. The molecule has 0 radical (unpaired) electrons. The zero-order valence-corrected chi connectivity index (χ0v) is 14.2. The van der Waals surface area contributed by atoms with Gasteiger partial charge in [-0.05, 0) is 26.7 Å². The summed E-state index contributed by atoms with van der Waals surface area (Å²) >= 11 is 1.18. The average Bonchev–Trinajstić information content (AvgIpc) is 2.62. The molecule has 0 fully saturated rings. The predicted octanol–water partition coefficient (Wildman–Crippen LogP) is 3.32. The lowest BCUT2D eigenvalue weighted by Crippen LogP contribution is -2.38. The Morgan fingerprint density at radius 3 is 2.41 bits per heavy atom. The summed E-state index contributed by atoms with van der Waals surface area (Å²) in [6.07, 6.45) is -4.40. The van der Waals surface area contributed by atoms with E-state index in [-0.39, 0.29) is 0 Å². The topological polar surface area (TPSA) is 46.9 Å². The van der Waals surface area contributed by atoms with E-state index in [1.165, 1.54) is 11.8 Å². The van der Waals surface area contributed by atoms with E-state index in [0.717, 1.165) is 17.9 Å². The molecule has 126 valence electrons. The normalized spacial score (nSPS) is 13.5. The molecule has 1 rings (SSSR count). The quantitative estimate of drug-likeness (QED) is 0.810. The van der Waals surface area contributed by atoms with Gasteiger partial charge in [-0.15, -0.1) is 0 Å². The first-order valence-electron chi connectivity index (χ1n) is 7.06. The van der Waals surface area contributed by atoms with Gasteiger partial charge in [-0.1, -0.05) is 25.6 Å². The zero-order valence-electron chi connectivity index (χ0n) is 13.4. The fourth-order valence-electron chi connectivity index (χ4n) is 1.84. The molecule has 0 aliphatic rings. The first kappa shape index (κ1) is 18.9. The number of alkyl halides is 3. The summed E-state index contributed by atoms with van der Waals surface area (Å²) in [5, 5.41) is 1.92. The highest BCUT2D eigenvalue weighted by Crippen LogP contribution is 2.26. The van der Waals surface area contributed by atoms with E-state index in [1.807, 2.05) is 23.7 Å². The van der Waals surface area contributed by atoms with Gasteiger partial charge in [0.2, 0.25) is 5.91 Å². The van der Waals surface area contributed by atoms with Gasteiger partial charge in [-0.3, -0.25) is 4.79 Å². The van der Waals surface area contributed by atoms with E-state index in [2.05, 4.69) is 18.8 Å². The Hall–Kier alpha value is -1.18. The lowest BCUT2D eigenvalue weighted by atomic mass is 10.2. The third kappa shape index (κ3) is 5.55. The average molecular weight is 337 g/mol. The number of nitrogens with one attached hydrogen (secondary N) is 1. The molecule has 1 heterocycles. The molecule has 0 aromatic carbocycles. The molecular weight excluding hydrogens is 315 g/mol. The van der Waals surface area contributed by atoms with Crippen LogP contribution in [-0.2, 0) is 11.3 Å². The van der Waals surface area contributed by atoms with Crippen molar-refractivity contribution in [3.63, 3.8) is 0 Å². The molecule has 1 aromatic heterocycles. The molecule has 0 saturated heterocycles. The van der Waals surface area contributed by atoms with Crippen molar-refractivity contribution in [3.05, 3.63) is 11.4 Å². The van der Waals surface area contributed by atoms with E-state index in [1.54, 1.807) is 6.92 Å². The van der Waals surface area contributed by atoms with Gasteiger partial charge < -0.3 is 9.88 Å². The van der Waals surface area contributed by atoms with Gasteiger partial charge in [-0.25, -0.2) is 4.98 Å². The third-order valence-electron chi connectivity index (χ3n) is 3.08. The van der Waals surface area contributed by atoms with Crippen LogP contribution < -0.4 is 5.32 Å². The summed E-state index contributed by atoms with van der Waals surface area (Å²) in [7, 11) is 0. The Morgan fingerprint density at radius 2 is 1.91 bits per heavy atom. The number of hydrogen-bond acceptors (Lipinski definition) is 3. The maximum absolute atomic E-state index is 12.1. The molecule has 0 aliphatic heterocycles. The largest absolute Gasteiger partial charge is 0.405 e. The molecule has 0 aliphatic carbocycles. The van der Waals surface area contributed by atoms with E-state index in [0.29, 0.717) is 11.1 Å². The van der Waals surface area contributed by atoms with E-state index in [4.69, 9.17) is 0 Å². The summed E-state index contributed by atoms with van der Waals surface area (Å²) in [4.78, 5) is 16.2. The zero-order chi connectivity index (χ0) is 17.1. The van der Waals surface area contributed by atoms with Gasteiger partial charge in [0.25, 0.3) is 0 Å². The first-order valence-corrected chi connectivity index (χ1v) is 7.94. The molecule has 0 spiro atoms. The Labute approximate surface area is 132 Å². The standard InChI is InChI=1S/C14H22F3N3OS/c1-8(2)6-20-10(4)9(3)19-13(20)22-11(5)12(21)18-7-14(15,16)17/h8,11H,6-7H2,1-5H3,(H,18,21). The van der Waals surface area contributed by atoms with Crippen LogP contribution in [0.5, 0.6) is 0 Å². The molecule has 0 bridgehead atoms. The van der Waals surface area contributed by atoms with Crippen molar-refractivity contribution in [2.75, 3.05) is 6.54 Å². The van der Waals surface area contributed by atoms with Crippen LogP contribution in [0.3, 0.4) is 0 Å². The van der Waals surface area contributed by atoms with Crippen LogP contribution in [0.25, 0.3) is 0 Å². The summed E-state index contributed by atoms with van der Waals surface area (Å²) in [6, 6.07) is 0. The smallest absolute Gasteiger partial charge is 0.346 e. The van der Waals surface area contributed by atoms with Crippen molar-refractivity contribution in [1.29, 1.82) is 0 Å². The second-order valence-corrected chi connectivity index (χ2v) is 6.97. The lowest BCUT2D eigenvalue weighted by molar-refractivity contribution is -0.137. The van der Waals surface area contributed by atoms with Gasteiger partial charge >= 0.3 is 6.18 Å². The maximum atomic E-state index is 12.1. The number of imidazole rings is 1. The van der Waals surface area contributed by atoms with Gasteiger partial charge in [0.15, 0.2) is 5.16 Å². The monoisotopic (exact) mass is 337 g/mol. The minimum absolute atomic E-state index is 0.404. The number of hydrogen-bond donors (Lipinski definition) is 1. The van der Waals surface area contributed by atoms with E-state index in [9.17, 15) is 18.0 Å². The van der Waals surface area contributed by atoms with E-state index >= 15 is 0 Å². The fraction of sp³-hybridized carbons (Fsp3) is 0.714. The SMILES string of the molecule is Cc1nc(SC(C)C(=O)NCC(F)(F)F)n(CC(C)C)c1C. The molecule has 1 aromatic rings. The van der Waals surface area contributed by atoms with Crippen molar-refractivity contribution in [1.82, 2.24) is 14.9 Å². The van der Waals surface area contributed by atoms with Crippen LogP contribution in [0.1, 0.15) is 32.2 Å². The Bertz CT molecular complexity index is 526. The molecule has 1 amide bonds. The third-order valence-corrected chi connectivity index (χ3v) is 4.18. The van der Waals surface area contributed by atoms with Gasteiger partial charge in [0.1, 0.15) is 6.54 Å². The predicted molar refractivity (Wildman–Crippen MR) is 80.9 cm³/mol. The van der Waals surface area contributed by atoms with Crippen molar-refractivity contribution >= 4 is 17.7 Å². The Balaban J connectivity index is 2.77.